The maximum Gasteiger partial charge on any atom is 0.131 e. The summed E-state index contributed by atoms with van der Waals surface area (Å²) in [7, 11) is 0. The molecule has 0 unspecified atom stereocenters. The monoisotopic (exact) mass is 878 g/mol. The van der Waals surface area contributed by atoms with Gasteiger partial charge in [0.1, 0.15) is 23.0 Å². The van der Waals surface area contributed by atoms with E-state index in [1.165, 1.54) is 16.5 Å². The van der Waals surface area contributed by atoms with Crippen LogP contribution in [0.2, 0.25) is 0 Å². The number of phenols is 2. The van der Waals surface area contributed by atoms with Crippen molar-refractivity contribution in [3.05, 3.63) is 186 Å². The van der Waals surface area contributed by atoms with Crippen molar-refractivity contribution in [2.24, 2.45) is 0 Å². The summed E-state index contributed by atoms with van der Waals surface area (Å²) in [4.78, 5) is 0. The van der Waals surface area contributed by atoms with Crippen LogP contribution < -0.4 is 9.47 Å². The van der Waals surface area contributed by atoms with E-state index in [0.717, 1.165) is 95.4 Å². The lowest BCUT2D eigenvalue weighted by atomic mass is 9.80. The number of aromatic hydroxyl groups is 2. The van der Waals surface area contributed by atoms with E-state index >= 15 is 0 Å². The molecule has 2 N–H and O–H groups in total. The minimum atomic E-state index is -0.194. The molecule has 0 amide bonds. The second kappa shape index (κ2) is 17.5. The Morgan fingerprint density at radius 1 is 0.448 bits per heavy atom. The van der Waals surface area contributed by atoms with Crippen LogP contribution in [-0.4, -0.2) is 23.4 Å². The number of rotatable bonds is 10. The highest BCUT2D eigenvalue weighted by Crippen LogP contribution is 2.50. The molecule has 9 aromatic carbocycles. The van der Waals surface area contributed by atoms with Crippen molar-refractivity contribution in [3.63, 3.8) is 0 Å². The van der Waals surface area contributed by atoms with Crippen LogP contribution in [0.1, 0.15) is 76.6 Å². The Morgan fingerprint density at radius 2 is 0.866 bits per heavy atom. The average molecular weight is 879 g/mol. The molecule has 10 rings (SSSR count). The van der Waals surface area contributed by atoms with Crippen LogP contribution in [0.4, 0.5) is 0 Å². The Bertz CT molecular complexity index is 3320. The molecule has 4 nitrogen and oxygen atoms in total. The van der Waals surface area contributed by atoms with E-state index in [1.807, 2.05) is 48.5 Å². The van der Waals surface area contributed by atoms with Gasteiger partial charge in [-0.05, 0) is 121 Å². The van der Waals surface area contributed by atoms with Crippen LogP contribution in [-0.2, 0) is 17.3 Å². The smallest absolute Gasteiger partial charge is 0.131 e. The molecule has 1 aliphatic rings. The molecule has 0 aromatic heterocycles. The van der Waals surface area contributed by atoms with Gasteiger partial charge in [0.2, 0.25) is 0 Å². The molecule has 9 aromatic rings. The zero-order chi connectivity index (χ0) is 46.5. The highest BCUT2D eigenvalue weighted by atomic mass is 16.5. The lowest BCUT2D eigenvalue weighted by molar-refractivity contribution is 0.248. The van der Waals surface area contributed by atoms with Crippen molar-refractivity contribution in [2.75, 3.05) is 13.2 Å². The van der Waals surface area contributed by atoms with Gasteiger partial charge in [-0.2, -0.15) is 0 Å². The first-order valence-electron chi connectivity index (χ1n) is 23.7. The molecule has 0 heterocycles. The number of aryl methyl sites for hydroxylation is 1. The van der Waals surface area contributed by atoms with Gasteiger partial charge in [0.15, 0.2) is 0 Å². The number of benzene rings is 9. The fourth-order valence-electron chi connectivity index (χ4n) is 9.83. The van der Waals surface area contributed by atoms with Crippen LogP contribution in [0.15, 0.2) is 164 Å². The molecule has 0 saturated carbocycles. The minimum absolute atomic E-state index is 0.183. The second-order valence-electron chi connectivity index (χ2n) is 20.1. The fourth-order valence-corrected chi connectivity index (χ4v) is 9.83. The molecule has 67 heavy (non-hydrogen) atoms. The first-order valence-corrected chi connectivity index (χ1v) is 23.7. The summed E-state index contributed by atoms with van der Waals surface area (Å²) in [6.07, 6.45) is 7.07. The molecule has 1 aliphatic carbocycles. The molecule has 0 radical (unpaired) electrons. The summed E-state index contributed by atoms with van der Waals surface area (Å²) in [5.41, 5.74) is 11.2. The molecule has 0 saturated heterocycles. The van der Waals surface area contributed by atoms with Gasteiger partial charge in [-0.1, -0.05) is 169 Å². The number of phenolic OH excluding ortho intramolecular Hbond substituents is 2. The van der Waals surface area contributed by atoms with Crippen molar-refractivity contribution in [3.8, 4) is 67.5 Å². The molecule has 0 fully saturated rings. The lowest BCUT2D eigenvalue weighted by Crippen LogP contribution is -2.12. The number of fused-ring (bicyclic) bond motifs is 4. The molecular weight excluding hydrogens is 821 g/mol. The Kier molecular flexibility index (Phi) is 11.4. The zero-order valence-electron chi connectivity index (χ0n) is 39.4. The summed E-state index contributed by atoms with van der Waals surface area (Å²) in [6, 6.07) is 54.5. The molecule has 0 bridgehead atoms. The zero-order valence-corrected chi connectivity index (χ0v) is 39.4. The SMILES string of the molecule is CC(C)(C)c1cc(-c2ccccc2OCCCOc2ccccc2-c2cc(C(C)(C)C)cc(-c3c4ccccc4cc4ccccc34)c2O)c(O)c(-c2c3c(cc4ccccc24)CCC=C3)c1. The Labute approximate surface area is 394 Å². The highest BCUT2D eigenvalue weighted by Gasteiger charge is 2.27. The third-order valence-corrected chi connectivity index (χ3v) is 13.5. The third-order valence-electron chi connectivity index (χ3n) is 13.5. The summed E-state index contributed by atoms with van der Waals surface area (Å²) in [5.74, 6) is 1.87. The number of ether oxygens (including phenoxy) is 2. The number of hydrogen-bond acceptors (Lipinski definition) is 4. The van der Waals surface area contributed by atoms with E-state index in [0.29, 0.717) is 31.1 Å². The van der Waals surface area contributed by atoms with Gasteiger partial charge in [0.05, 0.1) is 13.2 Å². The quantitative estimate of drug-likeness (QED) is 0.106. The Morgan fingerprint density at radius 3 is 1.37 bits per heavy atom. The number of hydrogen-bond donors (Lipinski definition) is 2. The third kappa shape index (κ3) is 8.31. The molecule has 0 aliphatic heterocycles. The summed E-state index contributed by atoms with van der Waals surface area (Å²) in [6.45, 7) is 14.1. The highest BCUT2D eigenvalue weighted by molar-refractivity contribution is 6.14. The van der Waals surface area contributed by atoms with Crippen molar-refractivity contribution in [2.45, 2.75) is 71.6 Å². The fraction of sp³-hybridized carbons (Fsp3) is 0.206. The normalized spacial score (nSPS) is 12.7. The van der Waals surface area contributed by atoms with Crippen LogP contribution in [0.5, 0.6) is 23.0 Å². The van der Waals surface area contributed by atoms with Gasteiger partial charge in [-0.3, -0.25) is 0 Å². The summed E-state index contributed by atoms with van der Waals surface area (Å²) < 4.78 is 13.2. The van der Waals surface area contributed by atoms with Crippen molar-refractivity contribution < 1.29 is 19.7 Å². The van der Waals surface area contributed by atoms with E-state index in [2.05, 4.69) is 163 Å². The van der Waals surface area contributed by atoms with Crippen LogP contribution >= 0.6 is 0 Å². The number of allylic oxidation sites excluding steroid dienone is 1. The summed E-state index contributed by atoms with van der Waals surface area (Å²) in [5, 5.41) is 31.7. The van der Waals surface area contributed by atoms with Crippen molar-refractivity contribution in [1.29, 1.82) is 0 Å². The van der Waals surface area contributed by atoms with Gasteiger partial charge in [0, 0.05) is 50.9 Å². The van der Waals surface area contributed by atoms with E-state index in [4.69, 9.17) is 9.47 Å². The van der Waals surface area contributed by atoms with Crippen LogP contribution in [0.25, 0.3) is 82.9 Å². The molecule has 334 valence electrons. The maximum absolute atomic E-state index is 12.5. The molecule has 4 heteroatoms. The minimum Gasteiger partial charge on any atom is -0.507 e. The van der Waals surface area contributed by atoms with Gasteiger partial charge in [0.25, 0.3) is 0 Å². The topological polar surface area (TPSA) is 58.9 Å². The lowest BCUT2D eigenvalue weighted by Gasteiger charge is -2.25. The second-order valence-corrected chi connectivity index (χ2v) is 20.1. The number of para-hydroxylation sites is 2. The predicted molar refractivity (Wildman–Crippen MR) is 281 cm³/mol. The largest absolute Gasteiger partial charge is 0.507 e. The van der Waals surface area contributed by atoms with Crippen LogP contribution in [0.3, 0.4) is 0 Å². The maximum atomic E-state index is 12.5. The van der Waals surface area contributed by atoms with E-state index in [1.54, 1.807) is 0 Å². The van der Waals surface area contributed by atoms with Gasteiger partial charge >= 0.3 is 0 Å². The van der Waals surface area contributed by atoms with E-state index in [-0.39, 0.29) is 22.3 Å². The molecular formula is C63H58O4. The molecule has 0 spiro atoms. The van der Waals surface area contributed by atoms with E-state index in [9.17, 15) is 10.2 Å². The van der Waals surface area contributed by atoms with Crippen molar-refractivity contribution in [1.82, 2.24) is 0 Å². The average Bonchev–Trinajstić information content (AvgIpc) is 3.32. The Hall–Kier alpha value is -7.30. The van der Waals surface area contributed by atoms with Crippen molar-refractivity contribution >= 4 is 38.4 Å². The van der Waals surface area contributed by atoms with Gasteiger partial charge in [-0.25, -0.2) is 0 Å². The first kappa shape index (κ1) is 43.6. The van der Waals surface area contributed by atoms with Gasteiger partial charge < -0.3 is 19.7 Å². The van der Waals surface area contributed by atoms with Gasteiger partial charge in [-0.15, -0.1) is 0 Å². The first-order chi connectivity index (χ1) is 32.3. The Balaban J connectivity index is 0.952. The standard InChI is InChI=1S/C63H58O4/c1-62(2,3)44-36-52(60(64)54(38-44)58-46-24-11-7-20-40(46)34-41-21-8-12-25-47(41)58)50-28-15-17-30-56(50)66-32-19-33-67-57-31-18-16-29-51(57)53-37-45(63(4,5)6)39-55(61(53)65)59-48-26-13-9-22-42(48)35-43-23-10-14-27-49(43)59/h7-9,11-18,20-22,24-31,34-39,64-65H,10,19,23,32-33H2,1-6H3. The van der Waals surface area contributed by atoms with Crippen LogP contribution in [0, 0.1) is 0 Å². The van der Waals surface area contributed by atoms with E-state index < -0.39 is 0 Å². The molecule has 0 atom stereocenters. The summed E-state index contributed by atoms with van der Waals surface area (Å²) >= 11 is 0. The predicted octanol–water partition coefficient (Wildman–Crippen LogP) is 16.6.